The molecule has 0 saturated carbocycles. The van der Waals surface area contributed by atoms with Gasteiger partial charge in [-0.05, 0) is 12.8 Å². The molecule has 30 heavy (non-hydrogen) atoms. The van der Waals surface area contributed by atoms with E-state index in [-0.39, 0.29) is 5.88 Å². The van der Waals surface area contributed by atoms with Crippen LogP contribution in [0.15, 0.2) is 0 Å². The van der Waals surface area contributed by atoms with Gasteiger partial charge in [-0.2, -0.15) is 0 Å². The van der Waals surface area contributed by atoms with Gasteiger partial charge in [-0.3, -0.25) is 4.79 Å². The number of rotatable bonds is 23. The molecule has 182 valence electrons. The van der Waals surface area contributed by atoms with Crippen molar-refractivity contribution in [3.63, 3.8) is 0 Å². The van der Waals surface area contributed by atoms with Crippen molar-refractivity contribution < 1.29 is 14.6 Å². The molecule has 0 aromatic heterocycles. The Kier molecular flexibility index (Phi) is 32.9. The summed E-state index contributed by atoms with van der Waals surface area (Å²) in [5.74, 6) is -1.29. The maximum atomic E-state index is 9.24. The number of halogens is 1. The molecule has 0 rings (SSSR count). The summed E-state index contributed by atoms with van der Waals surface area (Å²) < 4.78 is 5.78. The van der Waals surface area contributed by atoms with Gasteiger partial charge in [0.25, 0.3) is 0 Å². The highest BCUT2D eigenvalue weighted by Crippen LogP contribution is 2.12. The molecule has 0 fully saturated rings. The Morgan fingerprint density at radius 2 is 0.800 bits per heavy atom. The number of aliphatic carboxylic acids is 1. The third kappa shape index (κ3) is 35.2. The minimum atomic E-state index is -0.980. The fraction of sp³-hybridized carbons (Fsp3) is 0.962. The molecule has 0 saturated heterocycles. The van der Waals surface area contributed by atoms with Crippen LogP contribution in [-0.2, 0) is 9.53 Å². The molecule has 3 nitrogen and oxygen atoms in total. The third-order valence-electron chi connectivity index (χ3n) is 5.40. The van der Waals surface area contributed by atoms with Crippen molar-refractivity contribution in [2.24, 2.45) is 0 Å². The second-order valence-corrected chi connectivity index (χ2v) is 8.77. The van der Waals surface area contributed by atoms with Gasteiger partial charge in [-0.1, -0.05) is 129 Å². The van der Waals surface area contributed by atoms with E-state index in [1.807, 2.05) is 0 Å². The smallest absolute Gasteiger partial charge is 0.318 e. The van der Waals surface area contributed by atoms with E-state index in [0.29, 0.717) is 0 Å². The zero-order valence-electron chi connectivity index (χ0n) is 20.4. The van der Waals surface area contributed by atoms with Gasteiger partial charge in [0.15, 0.2) is 0 Å². The standard InChI is InChI=1S/C24H50O.C2H3ClO2/c1-3-5-7-9-11-13-15-17-19-21-23-25-24-22-20-18-16-14-12-10-8-6-4-2;3-1-2(4)5/h3-24H2,1-2H3;1H2,(H,4,5). The highest BCUT2D eigenvalue weighted by Gasteiger charge is 1.95. The number of unbranched alkanes of at least 4 members (excludes halogenated alkanes) is 18. The minimum absolute atomic E-state index is 0.306. The number of ether oxygens (including phenoxy) is 1. The molecule has 0 aromatic carbocycles. The van der Waals surface area contributed by atoms with Gasteiger partial charge in [0.2, 0.25) is 0 Å². The second-order valence-electron chi connectivity index (χ2n) is 8.50. The summed E-state index contributed by atoms with van der Waals surface area (Å²) in [6.07, 6.45) is 28.2. The Labute approximate surface area is 193 Å². The number of hydrogen-bond donors (Lipinski definition) is 1. The van der Waals surface area contributed by atoms with E-state index in [2.05, 4.69) is 13.8 Å². The molecular weight excluding hydrogens is 396 g/mol. The predicted molar refractivity (Wildman–Crippen MR) is 133 cm³/mol. The third-order valence-corrected chi connectivity index (χ3v) is 5.63. The summed E-state index contributed by atoms with van der Waals surface area (Å²) >= 11 is 4.74. The van der Waals surface area contributed by atoms with Crippen molar-refractivity contribution in [1.82, 2.24) is 0 Å². The lowest BCUT2D eigenvalue weighted by Gasteiger charge is -2.05. The Morgan fingerprint density at radius 3 is 1.03 bits per heavy atom. The van der Waals surface area contributed by atoms with Gasteiger partial charge < -0.3 is 9.84 Å². The van der Waals surface area contributed by atoms with E-state index in [1.165, 1.54) is 128 Å². The van der Waals surface area contributed by atoms with Crippen LogP contribution in [-0.4, -0.2) is 30.2 Å². The molecule has 0 radical (unpaired) electrons. The lowest BCUT2D eigenvalue weighted by Crippen LogP contribution is -1.97. The van der Waals surface area contributed by atoms with E-state index in [1.54, 1.807) is 0 Å². The summed E-state index contributed by atoms with van der Waals surface area (Å²) in [7, 11) is 0. The van der Waals surface area contributed by atoms with Gasteiger partial charge in [-0.15, -0.1) is 11.6 Å². The van der Waals surface area contributed by atoms with E-state index in [9.17, 15) is 4.79 Å². The average molecular weight is 449 g/mol. The first-order valence-electron chi connectivity index (χ1n) is 13.0. The predicted octanol–water partition coefficient (Wildman–Crippen LogP) is 9.15. The first-order valence-corrected chi connectivity index (χ1v) is 13.6. The number of carbonyl (C=O) groups is 1. The van der Waals surface area contributed by atoms with E-state index in [0.717, 1.165) is 13.2 Å². The first-order chi connectivity index (χ1) is 14.7. The lowest BCUT2D eigenvalue weighted by molar-refractivity contribution is -0.134. The number of hydrogen-bond acceptors (Lipinski definition) is 2. The molecule has 0 spiro atoms. The van der Waals surface area contributed by atoms with Crippen molar-refractivity contribution in [2.45, 2.75) is 142 Å². The Balaban J connectivity index is 0. The van der Waals surface area contributed by atoms with Gasteiger partial charge >= 0.3 is 5.97 Å². The lowest BCUT2D eigenvalue weighted by atomic mass is 10.1. The first kappa shape index (κ1) is 31.9. The molecule has 0 unspecified atom stereocenters. The average Bonchev–Trinajstić information content (AvgIpc) is 2.75. The van der Waals surface area contributed by atoms with E-state index >= 15 is 0 Å². The molecule has 0 amide bonds. The van der Waals surface area contributed by atoms with Crippen molar-refractivity contribution in [3.8, 4) is 0 Å². The van der Waals surface area contributed by atoms with E-state index < -0.39 is 5.97 Å². The highest BCUT2D eigenvalue weighted by atomic mass is 35.5. The van der Waals surface area contributed by atoms with Crippen LogP contribution >= 0.6 is 11.6 Å². The van der Waals surface area contributed by atoms with Gasteiger partial charge in [-0.25, -0.2) is 0 Å². The Morgan fingerprint density at radius 1 is 0.567 bits per heavy atom. The largest absolute Gasteiger partial charge is 0.480 e. The number of carboxylic acids is 1. The van der Waals surface area contributed by atoms with Crippen LogP contribution in [0.2, 0.25) is 0 Å². The van der Waals surface area contributed by atoms with Crippen molar-refractivity contribution >= 4 is 17.6 Å². The van der Waals surface area contributed by atoms with Crippen LogP contribution < -0.4 is 0 Å². The van der Waals surface area contributed by atoms with Crippen LogP contribution in [0.1, 0.15) is 142 Å². The maximum absolute atomic E-state index is 9.24. The zero-order chi connectivity index (χ0) is 22.5. The fourth-order valence-electron chi connectivity index (χ4n) is 3.49. The molecule has 0 heterocycles. The highest BCUT2D eigenvalue weighted by molar-refractivity contribution is 6.26. The quantitative estimate of drug-likeness (QED) is 0.125. The molecule has 0 aromatic rings. The van der Waals surface area contributed by atoms with E-state index in [4.69, 9.17) is 21.4 Å². The van der Waals surface area contributed by atoms with Crippen LogP contribution in [0.5, 0.6) is 0 Å². The molecular formula is C26H53ClO3. The maximum Gasteiger partial charge on any atom is 0.318 e. The van der Waals surface area contributed by atoms with Gasteiger partial charge in [0, 0.05) is 13.2 Å². The molecule has 0 aliphatic carbocycles. The molecule has 4 heteroatoms. The van der Waals surface area contributed by atoms with Gasteiger partial charge in [0.1, 0.15) is 5.88 Å². The summed E-state index contributed by atoms with van der Waals surface area (Å²) in [6, 6.07) is 0. The van der Waals surface area contributed by atoms with Crippen LogP contribution in [0.3, 0.4) is 0 Å². The van der Waals surface area contributed by atoms with Crippen LogP contribution in [0.25, 0.3) is 0 Å². The molecule has 0 aliphatic heterocycles. The van der Waals surface area contributed by atoms with Crippen molar-refractivity contribution in [3.05, 3.63) is 0 Å². The molecule has 0 atom stereocenters. The van der Waals surface area contributed by atoms with Crippen molar-refractivity contribution in [2.75, 3.05) is 19.1 Å². The monoisotopic (exact) mass is 448 g/mol. The topological polar surface area (TPSA) is 46.5 Å². The van der Waals surface area contributed by atoms with Gasteiger partial charge in [0.05, 0.1) is 0 Å². The second kappa shape index (κ2) is 30.9. The number of alkyl halides is 1. The summed E-state index contributed by atoms with van der Waals surface area (Å²) in [6.45, 7) is 6.57. The molecule has 0 aliphatic rings. The minimum Gasteiger partial charge on any atom is -0.480 e. The SMILES string of the molecule is CCCCCCCCCCCCOCCCCCCCCCCCC.O=C(O)CCl. The number of carboxylic acid groups (broad SMARTS) is 1. The molecule has 0 bridgehead atoms. The van der Waals surface area contributed by atoms with Crippen LogP contribution in [0, 0.1) is 0 Å². The van der Waals surface area contributed by atoms with Crippen LogP contribution in [0.4, 0.5) is 0 Å². The normalized spacial score (nSPS) is 10.6. The fourth-order valence-corrected chi connectivity index (χ4v) is 3.49. The van der Waals surface area contributed by atoms with Crippen molar-refractivity contribution in [1.29, 1.82) is 0 Å². The summed E-state index contributed by atoms with van der Waals surface area (Å²) in [4.78, 5) is 9.24. The summed E-state index contributed by atoms with van der Waals surface area (Å²) in [5, 5.41) is 7.59. The zero-order valence-corrected chi connectivity index (χ0v) is 21.2. The summed E-state index contributed by atoms with van der Waals surface area (Å²) in [5.41, 5.74) is 0. The Bertz CT molecular complexity index is 289. The Hall–Kier alpha value is -0.280. The molecule has 1 N–H and O–H groups in total.